The maximum absolute atomic E-state index is 12.5. The van der Waals surface area contributed by atoms with Crippen LogP contribution in [0.4, 0.5) is 16.2 Å². The Hall–Kier alpha value is -2.82. The molecule has 3 amide bonds. The maximum Gasteiger partial charge on any atom is 0.319 e. The molecule has 26 heavy (non-hydrogen) atoms. The minimum Gasteiger partial charge on any atom is -0.336 e. The van der Waals surface area contributed by atoms with E-state index in [9.17, 15) is 9.59 Å². The van der Waals surface area contributed by atoms with Crippen LogP contribution >= 0.6 is 0 Å². The zero-order valence-electron chi connectivity index (χ0n) is 16.0. The number of amides is 3. The molecule has 0 unspecified atom stereocenters. The molecule has 2 rings (SSSR count). The van der Waals surface area contributed by atoms with Gasteiger partial charge in [-0.2, -0.15) is 0 Å². The lowest BCUT2D eigenvalue weighted by Crippen LogP contribution is -2.34. The van der Waals surface area contributed by atoms with E-state index in [4.69, 9.17) is 0 Å². The van der Waals surface area contributed by atoms with Gasteiger partial charge in [-0.05, 0) is 55.2 Å². The topological polar surface area (TPSA) is 70.2 Å². The summed E-state index contributed by atoms with van der Waals surface area (Å²) in [6.07, 6.45) is 0. The Morgan fingerprint density at radius 3 is 2.12 bits per heavy atom. The van der Waals surface area contributed by atoms with Crippen molar-refractivity contribution in [3.05, 3.63) is 59.7 Å². The number of hydrogen-bond donors (Lipinski definition) is 3. The van der Waals surface area contributed by atoms with E-state index in [1.54, 1.807) is 24.3 Å². The van der Waals surface area contributed by atoms with E-state index >= 15 is 0 Å². The summed E-state index contributed by atoms with van der Waals surface area (Å²) in [5.74, 6) is -0.221. The van der Waals surface area contributed by atoms with Gasteiger partial charge in [0.1, 0.15) is 0 Å². The van der Waals surface area contributed by atoms with Crippen molar-refractivity contribution in [1.82, 2.24) is 5.32 Å². The number of nitrogens with one attached hydrogen (secondary N) is 3. The Morgan fingerprint density at radius 2 is 1.54 bits per heavy atom. The Balaban J connectivity index is 2.05. The van der Waals surface area contributed by atoms with Crippen LogP contribution in [-0.2, 0) is 5.41 Å². The first-order valence-corrected chi connectivity index (χ1v) is 8.74. The second-order valence-corrected chi connectivity index (χ2v) is 7.62. The lowest BCUT2D eigenvalue weighted by molar-refractivity contribution is 0.102. The predicted molar refractivity (Wildman–Crippen MR) is 107 cm³/mol. The second-order valence-electron chi connectivity index (χ2n) is 7.62. The molecule has 138 valence electrons. The number of carbonyl (C=O) groups is 2. The molecule has 0 fully saturated rings. The van der Waals surface area contributed by atoms with Crippen LogP contribution in [0, 0.1) is 0 Å². The van der Waals surface area contributed by atoms with Gasteiger partial charge < -0.3 is 16.0 Å². The van der Waals surface area contributed by atoms with Crippen molar-refractivity contribution in [2.45, 2.75) is 46.1 Å². The molecule has 5 heteroatoms. The highest BCUT2D eigenvalue weighted by atomic mass is 16.2. The summed E-state index contributed by atoms with van der Waals surface area (Å²) >= 11 is 0. The van der Waals surface area contributed by atoms with E-state index in [2.05, 4.69) is 36.7 Å². The van der Waals surface area contributed by atoms with Gasteiger partial charge in [-0.3, -0.25) is 4.79 Å². The third-order valence-electron chi connectivity index (χ3n) is 3.81. The molecule has 0 saturated carbocycles. The quantitative estimate of drug-likeness (QED) is 0.741. The third-order valence-corrected chi connectivity index (χ3v) is 3.81. The molecular weight excluding hydrogens is 326 g/mol. The first-order chi connectivity index (χ1) is 12.1. The van der Waals surface area contributed by atoms with Crippen LogP contribution in [-0.4, -0.2) is 18.0 Å². The lowest BCUT2D eigenvalue weighted by atomic mass is 9.87. The molecule has 2 aromatic rings. The normalized spacial score (nSPS) is 11.2. The number of anilines is 2. The number of hydrogen-bond acceptors (Lipinski definition) is 2. The fourth-order valence-corrected chi connectivity index (χ4v) is 2.42. The predicted octanol–water partition coefficient (Wildman–Crippen LogP) is 4.77. The van der Waals surface area contributed by atoms with Crippen molar-refractivity contribution in [2.75, 3.05) is 10.6 Å². The first-order valence-electron chi connectivity index (χ1n) is 8.74. The highest BCUT2D eigenvalue weighted by Gasteiger charge is 2.14. The molecule has 0 atom stereocenters. The summed E-state index contributed by atoms with van der Waals surface area (Å²) in [5, 5.41) is 8.36. The van der Waals surface area contributed by atoms with E-state index in [0.29, 0.717) is 11.3 Å². The van der Waals surface area contributed by atoms with Crippen molar-refractivity contribution in [2.24, 2.45) is 0 Å². The van der Waals surface area contributed by atoms with Crippen LogP contribution in [0.2, 0.25) is 0 Å². The van der Waals surface area contributed by atoms with E-state index in [0.717, 1.165) is 5.69 Å². The minimum atomic E-state index is -0.296. The average Bonchev–Trinajstić information content (AvgIpc) is 2.54. The summed E-state index contributed by atoms with van der Waals surface area (Å²) in [6, 6.07) is 14.4. The molecule has 3 N–H and O–H groups in total. The maximum atomic E-state index is 12.5. The summed E-state index contributed by atoms with van der Waals surface area (Å²) in [7, 11) is 0. The van der Waals surface area contributed by atoms with Gasteiger partial charge in [0.15, 0.2) is 0 Å². The molecule has 0 bridgehead atoms. The van der Waals surface area contributed by atoms with Gasteiger partial charge in [-0.1, -0.05) is 39.0 Å². The highest BCUT2D eigenvalue weighted by molar-refractivity contribution is 6.05. The summed E-state index contributed by atoms with van der Waals surface area (Å²) in [4.78, 5) is 24.3. The third kappa shape index (κ3) is 5.62. The van der Waals surface area contributed by atoms with Crippen molar-refractivity contribution < 1.29 is 9.59 Å². The van der Waals surface area contributed by atoms with Gasteiger partial charge in [0.2, 0.25) is 0 Å². The summed E-state index contributed by atoms with van der Waals surface area (Å²) in [5.41, 5.74) is 3.06. The minimum absolute atomic E-state index is 0.0394. The molecule has 2 aromatic carbocycles. The molecule has 0 radical (unpaired) electrons. The zero-order valence-corrected chi connectivity index (χ0v) is 16.0. The molecule has 0 heterocycles. The van der Waals surface area contributed by atoms with Crippen LogP contribution in [0.5, 0.6) is 0 Å². The van der Waals surface area contributed by atoms with Crippen LogP contribution in [0.3, 0.4) is 0 Å². The molecule has 0 saturated heterocycles. The summed E-state index contributed by atoms with van der Waals surface area (Å²) in [6.45, 7) is 10.2. The Bertz CT molecular complexity index is 775. The number of urea groups is 1. The van der Waals surface area contributed by atoms with Crippen molar-refractivity contribution in [1.29, 1.82) is 0 Å². The SMILES string of the molecule is CC(C)NC(=O)Nc1cccc(C(=O)Nc2ccc(C(C)(C)C)cc2)c1. The van der Waals surface area contributed by atoms with Gasteiger partial charge in [0.25, 0.3) is 5.91 Å². The highest BCUT2D eigenvalue weighted by Crippen LogP contribution is 2.23. The molecule has 0 aliphatic rings. The standard InChI is InChI=1S/C21H27N3O2/c1-14(2)22-20(26)24-18-8-6-7-15(13-18)19(25)23-17-11-9-16(10-12-17)21(3,4)5/h6-14H,1-5H3,(H,23,25)(H2,22,24,26). The van der Waals surface area contributed by atoms with E-state index in [-0.39, 0.29) is 23.4 Å². The number of benzene rings is 2. The molecule has 0 aromatic heterocycles. The van der Waals surface area contributed by atoms with Crippen LogP contribution < -0.4 is 16.0 Å². The van der Waals surface area contributed by atoms with Gasteiger partial charge in [0.05, 0.1) is 0 Å². The van der Waals surface area contributed by atoms with Crippen molar-refractivity contribution in [3.8, 4) is 0 Å². The molecule has 5 nitrogen and oxygen atoms in total. The zero-order chi connectivity index (χ0) is 19.3. The Kier molecular flexibility index (Phi) is 6.03. The average molecular weight is 353 g/mol. The van der Waals surface area contributed by atoms with Crippen LogP contribution in [0.15, 0.2) is 48.5 Å². The number of rotatable bonds is 4. The van der Waals surface area contributed by atoms with E-state index in [1.807, 2.05) is 38.1 Å². The van der Waals surface area contributed by atoms with Gasteiger partial charge in [-0.25, -0.2) is 4.79 Å². The Morgan fingerprint density at radius 1 is 0.885 bits per heavy atom. The van der Waals surface area contributed by atoms with Crippen LogP contribution in [0.1, 0.15) is 50.5 Å². The molecular formula is C21H27N3O2. The van der Waals surface area contributed by atoms with Gasteiger partial charge in [-0.15, -0.1) is 0 Å². The Labute approximate surface area is 155 Å². The smallest absolute Gasteiger partial charge is 0.319 e. The van der Waals surface area contributed by atoms with E-state index < -0.39 is 0 Å². The first kappa shape index (κ1) is 19.5. The fraction of sp³-hybridized carbons (Fsp3) is 0.333. The molecule has 0 aliphatic heterocycles. The molecule has 0 spiro atoms. The largest absolute Gasteiger partial charge is 0.336 e. The van der Waals surface area contributed by atoms with Crippen molar-refractivity contribution >= 4 is 23.3 Å². The number of carbonyl (C=O) groups excluding carboxylic acids is 2. The van der Waals surface area contributed by atoms with Gasteiger partial charge >= 0.3 is 6.03 Å². The summed E-state index contributed by atoms with van der Waals surface area (Å²) < 4.78 is 0. The lowest BCUT2D eigenvalue weighted by Gasteiger charge is -2.19. The fourth-order valence-electron chi connectivity index (χ4n) is 2.42. The monoisotopic (exact) mass is 353 g/mol. The van der Waals surface area contributed by atoms with Crippen LogP contribution in [0.25, 0.3) is 0 Å². The second kappa shape index (κ2) is 8.04. The molecule has 0 aliphatic carbocycles. The van der Waals surface area contributed by atoms with Gasteiger partial charge in [0, 0.05) is 23.0 Å². The van der Waals surface area contributed by atoms with Crippen molar-refractivity contribution in [3.63, 3.8) is 0 Å². The van der Waals surface area contributed by atoms with E-state index in [1.165, 1.54) is 5.56 Å².